The molecule has 0 bridgehead atoms. The van der Waals surface area contributed by atoms with Gasteiger partial charge in [0.25, 0.3) is 0 Å². The van der Waals surface area contributed by atoms with E-state index in [1.54, 1.807) is 0 Å². The van der Waals surface area contributed by atoms with Gasteiger partial charge in [0.15, 0.2) is 48.0 Å². The molecule has 3 saturated heterocycles. The molecular formula is C35H46O19. The maximum Gasteiger partial charge on any atom is 0.331 e. The van der Waals surface area contributed by atoms with E-state index in [-0.39, 0.29) is 36.0 Å². The Morgan fingerprint density at radius 3 is 2.30 bits per heavy atom. The van der Waals surface area contributed by atoms with Gasteiger partial charge < -0.3 is 89.0 Å². The molecule has 10 N–H and O–H groups in total. The van der Waals surface area contributed by atoms with E-state index in [0.29, 0.717) is 11.1 Å². The van der Waals surface area contributed by atoms with Gasteiger partial charge in [-0.05, 0) is 54.8 Å². The summed E-state index contributed by atoms with van der Waals surface area (Å²) < 4.78 is 45.4. The van der Waals surface area contributed by atoms with Gasteiger partial charge in [0.2, 0.25) is 0 Å². The monoisotopic (exact) mass is 770 g/mol. The highest BCUT2D eigenvalue weighted by atomic mass is 16.8. The van der Waals surface area contributed by atoms with Gasteiger partial charge in [-0.3, -0.25) is 0 Å². The molecule has 19 nitrogen and oxygen atoms in total. The topological polar surface area (TPSA) is 293 Å². The van der Waals surface area contributed by atoms with Gasteiger partial charge in [0.05, 0.1) is 39.6 Å². The summed E-state index contributed by atoms with van der Waals surface area (Å²) in [4.78, 5) is 13.3. The van der Waals surface area contributed by atoms with E-state index in [2.05, 4.69) is 0 Å². The van der Waals surface area contributed by atoms with Crippen LogP contribution in [0, 0.1) is 0 Å². The molecule has 2 aromatic carbocycles. The van der Waals surface area contributed by atoms with Gasteiger partial charge >= 0.3 is 5.97 Å². The average Bonchev–Trinajstić information content (AvgIpc) is 3.44. The summed E-state index contributed by atoms with van der Waals surface area (Å²) in [7, 11) is 1.34. The normalized spacial score (nSPS) is 35.6. The van der Waals surface area contributed by atoms with Crippen LogP contribution in [0.1, 0.15) is 18.1 Å². The number of carbonyl (C=O) groups excluding carboxylic acids is 1. The molecule has 0 aliphatic carbocycles. The van der Waals surface area contributed by atoms with E-state index in [0.717, 1.165) is 6.08 Å². The molecule has 13 atom stereocenters. The Balaban J connectivity index is 1.42. The number of carbonyl (C=O) groups is 1. The van der Waals surface area contributed by atoms with Crippen molar-refractivity contribution in [3.05, 3.63) is 53.6 Å². The molecule has 0 radical (unpaired) electrons. The largest absolute Gasteiger partial charge is 0.504 e. The molecular weight excluding hydrogens is 724 g/mol. The first kappa shape index (κ1) is 41.5. The fraction of sp³-hybridized carbons (Fsp3) is 0.571. The first-order chi connectivity index (χ1) is 25.6. The Hall–Kier alpha value is -3.67. The zero-order valence-corrected chi connectivity index (χ0v) is 29.2. The second-order valence-corrected chi connectivity index (χ2v) is 13.1. The van der Waals surface area contributed by atoms with Crippen LogP contribution < -0.4 is 4.74 Å². The number of phenolic OH excluding ortho intramolecular Hbond substituents is 3. The molecule has 0 unspecified atom stereocenters. The molecule has 3 heterocycles. The van der Waals surface area contributed by atoms with Crippen molar-refractivity contribution in [3.63, 3.8) is 0 Å². The zero-order valence-electron chi connectivity index (χ0n) is 29.2. The highest BCUT2D eigenvalue weighted by molar-refractivity contribution is 5.87. The zero-order chi connectivity index (χ0) is 39.3. The maximum atomic E-state index is 13.3. The molecule has 54 heavy (non-hydrogen) atoms. The standard InChI is InChI=1S/C35H46O19/c1-16-25(41)26(42)27(43)33(51-16)54-30-28(44)32(48-10-9-18-3-6-19(37)21(39)11-18)52-23(13-49-34-31(45)35(46,14-36)15-50-34)29(30)53-24(40)8-5-17-4-7-20(38)22(12-17)47-2/h3-8,11-12,16,23,25-34,36-39,41-46H,9-10,13-15H2,1-2H3/b8-5+/t16-,23+,25-,26+,27+,28+,29+,30+,31-,32+,33+,34+,35+/m0/s1. The highest BCUT2D eigenvalue weighted by Crippen LogP contribution is 2.34. The lowest BCUT2D eigenvalue weighted by molar-refractivity contribution is -0.360. The predicted octanol–water partition coefficient (Wildman–Crippen LogP) is -2.25. The minimum Gasteiger partial charge on any atom is -0.504 e. The van der Waals surface area contributed by atoms with Gasteiger partial charge in [0.1, 0.15) is 48.3 Å². The lowest BCUT2D eigenvalue weighted by Crippen LogP contribution is -2.65. The summed E-state index contributed by atoms with van der Waals surface area (Å²) in [6.45, 7) is -0.662. The van der Waals surface area contributed by atoms with Crippen molar-refractivity contribution < 1.29 is 93.8 Å². The number of aliphatic hydroxyl groups is 7. The third-order valence-corrected chi connectivity index (χ3v) is 9.30. The molecule has 300 valence electrons. The van der Waals surface area contributed by atoms with Crippen LogP contribution in [0.3, 0.4) is 0 Å². The average molecular weight is 771 g/mol. The minimum absolute atomic E-state index is 0.130. The number of methoxy groups -OCH3 is 1. The number of hydrogen-bond acceptors (Lipinski definition) is 19. The number of rotatable bonds is 14. The highest BCUT2D eigenvalue weighted by Gasteiger charge is 2.54. The number of benzene rings is 2. The summed E-state index contributed by atoms with van der Waals surface area (Å²) in [6, 6.07) is 8.39. The van der Waals surface area contributed by atoms with E-state index < -0.39 is 105 Å². The van der Waals surface area contributed by atoms with Gasteiger partial charge in [-0.2, -0.15) is 0 Å². The van der Waals surface area contributed by atoms with E-state index in [1.165, 1.54) is 56.5 Å². The molecule has 0 amide bonds. The van der Waals surface area contributed by atoms with Crippen molar-refractivity contribution in [2.24, 2.45) is 0 Å². The van der Waals surface area contributed by atoms with Crippen molar-refractivity contribution in [2.45, 2.75) is 92.8 Å². The molecule has 0 spiro atoms. The van der Waals surface area contributed by atoms with Gasteiger partial charge in [-0.25, -0.2) is 4.79 Å². The maximum absolute atomic E-state index is 13.3. The second kappa shape index (κ2) is 17.9. The third kappa shape index (κ3) is 9.40. The van der Waals surface area contributed by atoms with Crippen LogP contribution in [-0.4, -0.2) is 170 Å². The van der Waals surface area contributed by atoms with Crippen LogP contribution in [0.25, 0.3) is 6.08 Å². The Kier molecular flexibility index (Phi) is 13.7. The van der Waals surface area contributed by atoms with Gasteiger partial charge in [-0.1, -0.05) is 12.1 Å². The van der Waals surface area contributed by atoms with Crippen LogP contribution in [0.4, 0.5) is 0 Å². The first-order valence-electron chi connectivity index (χ1n) is 17.0. The second-order valence-electron chi connectivity index (χ2n) is 13.1. The summed E-state index contributed by atoms with van der Waals surface area (Å²) in [5.41, 5.74) is -1.08. The van der Waals surface area contributed by atoms with Crippen LogP contribution >= 0.6 is 0 Å². The molecule has 2 aromatic rings. The molecule has 3 aliphatic heterocycles. The van der Waals surface area contributed by atoms with Crippen LogP contribution in [-0.2, 0) is 44.4 Å². The number of aliphatic hydroxyl groups excluding tert-OH is 6. The lowest BCUT2D eigenvalue weighted by Gasteiger charge is -2.46. The number of aromatic hydroxyl groups is 3. The summed E-state index contributed by atoms with van der Waals surface area (Å²) in [6.07, 6.45) is -16.6. The van der Waals surface area contributed by atoms with Crippen molar-refractivity contribution in [1.82, 2.24) is 0 Å². The molecule has 19 heteroatoms. The quantitative estimate of drug-likeness (QED) is 0.0552. The fourth-order valence-electron chi connectivity index (χ4n) is 6.02. The number of phenols is 3. The summed E-state index contributed by atoms with van der Waals surface area (Å²) in [5, 5.41) is 103. The van der Waals surface area contributed by atoms with Gasteiger partial charge in [0, 0.05) is 6.08 Å². The number of ether oxygens (including phenoxy) is 8. The fourth-order valence-corrected chi connectivity index (χ4v) is 6.02. The summed E-state index contributed by atoms with van der Waals surface area (Å²) >= 11 is 0. The minimum atomic E-state index is -2.04. The van der Waals surface area contributed by atoms with E-state index in [1.807, 2.05) is 0 Å². The molecule has 3 fully saturated rings. The number of esters is 1. The molecule has 3 aliphatic rings. The predicted molar refractivity (Wildman–Crippen MR) is 179 cm³/mol. The lowest BCUT2D eigenvalue weighted by atomic mass is 9.96. The molecule has 0 aromatic heterocycles. The van der Waals surface area contributed by atoms with E-state index >= 15 is 0 Å². The third-order valence-electron chi connectivity index (χ3n) is 9.30. The Bertz CT molecular complexity index is 1590. The van der Waals surface area contributed by atoms with Crippen LogP contribution in [0.5, 0.6) is 23.0 Å². The smallest absolute Gasteiger partial charge is 0.331 e. The Morgan fingerprint density at radius 1 is 0.870 bits per heavy atom. The van der Waals surface area contributed by atoms with Crippen LogP contribution in [0.15, 0.2) is 42.5 Å². The molecule has 0 saturated carbocycles. The summed E-state index contributed by atoms with van der Waals surface area (Å²) in [5.74, 6) is -1.72. The SMILES string of the molecule is COc1cc(/C=C/C(=O)O[C@H]2[C@H](O[C@H]3O[C@@H](C)[C@H](O)[C@@H](O)[C@H]3O)[C@@H](O)[C@H](OCCc3ccc(O)c(O)c3)O[C@@H]2CO[C@@H]2OC[C@](O)(CO)[C@H]2O)ccc1O. The van der Waals surface area contributed by atoms with E-state index in [4.69, 9.17) is 37.9 Å². The first-order valence-corrected chi connectivity index (χ1v) is 17.0. The van der Waals surface area contributed by atoms with Crippen molar-refractivity contribution >= 4 is 12.0 Å². The molecule has 5 rings (SSSR count). The van der Waals surface area contributed by atoms with E-state index in [9.17, 15) is 55.9 Å². The Morgan fingerprint density at radius 2 is 1.61 bits per heavy atom. The number of hydrogen-bond donors (Lipinski definition) is 10. The van der Waals surface area contributed by atoms with Crippen molar-refractivity contribution in [1.29, 1.82) is 0 Å². The van der Waals surface area contributed by atoms with Crippen molar-refractivity contribution in [3.8, 4) is 23.0 Å². The van der Waals surface area contributed by atoms with Gasteiger partial charge in [-0.15, -0.1) is 0 Å². The van der Waals surface area contributed by atoms with Crippen molar-refractivity contribution in [2.75, 3.05) is 33.5 Å². The Labute approximate surface area is 308 Å². The van der Waals surface area contributed by atoms with Crippen LogP contribution in [0.2, 0.25) is 0 Å².